The van der Waals surface area contributed by atoms with Gasteiger partial charge in [0.15, 0.2) is 0 Å². The van der Waals surface area contributed by atoms with Gasteiger partial charge in [-0.1, -0.05) is 27.7 Å². The van der Waals surface area contributed by atoms with E-state index in [0.29, 0.717) is 6.42 Å². The van der Waals surface area contributed by atoms with E-state index in [9.17, 15) is 19.2 Å². The van der Waals surface area contributed by atoms with E-state index >= 15 is 0 Å². The standard InChI is InChI=1S/C15H26N2O6/c1-8(2)6-10(14(20)21)16-12(18)13(19)17-11(7-9(3)4)15(22)23-5/h8-11H,6-7H2,1-5H3,(H,16,18)(H,17,19)(H,20,21)/t10-,11-/m0/s1. The maximum atomic E-state index is 11.9. The Hall–Kier alpha value is -2.12. The number of ether oxygens (including phenoxy) is 1. The fourth-order valence-corrected chi connectivity index (χ4v) is 1.97. The van der Waals surface area contributed by atoms with E-state index in [-0.39, 0.29) is 18.3 Å². The van der Waals surface area contributed by atoms with Gasteiger partial charge in [0.05, 0.1) is 7.11 Å². The summed E-state index contributed by atoms with van der Waals surface area (Å²) in [7, 11) is 1.19. The van der Waals surface area contributed by atoms with Gasteiger partial charge >= 0.3 is 23.8 Å². The van der Waals surface area contributed by atoms with Crippen LogP contribution in [0.1, 0.15) is 40.5 Å². The Morgan fingerprint density at radius 2 is 1.26 bits per heavy atom. The summed E-state index contributed by atoms with van der Waals surface area (Å²) in [5.41, 5.74) is 0. The van der Waals surface area contributed by atoms with Gasteiger partial charge in [-0.25, -0.2) is 9.59 Å². The van der Waals surface area contributed by atoms with E-state index in [2.05, 4.69) is 15.4 Å². The van der Waals surface area contributed by atoms with Gasteiger partial charge in [0.2, 0.25) is 0 Å². The molecule has 0 aliphatic carbocycles. The van der Waals surface area contributed by atoms with Gasteiger partial charge in [-0.05, 0) is 24.7 Å². The number of carboxylic acids is 1. The van der Waals surface area contributed by atoms with Crippen molar-refractivity contribution in [2.75, 3.05) is 7.11 Å². The lowest BCUT2D eigenvalue weighted by molar-refractivity contribution is -0.149. The molecule has 0 bridgehead atoms. The van der Waals surface area contributed by atoms with E-state index in [0.717, 1.165) is 0 Å². The molecular formula is C15H26N2O6. The van der Waals surface area contributed by atoms with Crippen molar-refractivity contribution in [1.29, 1.82) is 0 Å². The summed E-state index contributed by atoms with van der Waals surface area (Å²) in [6.07, 6.45) is 0.501. The van der Waals surface area contributed by atoms with Gasteiger partial charge in [0.1, 0.15) is 12.1 Å². The number of amides is 2. The molecule has 0 aromatic heterocycles. The molecule has 0 spiro atoms. The topological polar surface area (TPSA) is 122 Å². The van der Waals surface area contributed by atoms with E-state index in [1.54, 1.807) is 13.8 Å². The van der Waals surface area contributed by atoms with Crippen LogP contribution in [0.4, 0.5) is 0 Å². The zero-order valence-corrected chi connectivity index (χ0v) is 14.2. The number of carboxylic acid groups (broad SMARTS) is 1. The number of nitrogens with one attached hydrogen (secondary N) is 2. The minimum absolute atomic E-state index is 0.0308. The molecule has 0 saturated heterocycles. The van der Waals surface area contributed by atoms with Crippen molar-refractivity contribution in [3.8, 4) is 0 Å². The average Bonchev–Trinajstić information content (AvgIpc) is 2.43. The summed E-state index contributed by atoms with van der Waals surface area (Å²) in [6, 6.07) is -2.11. The number of hydrogen-bond donors (Lipinski definition) is 3. The third-order valence-corrected chi connectivity index (χ3v) is 3.01. The zero-order valence-electron chi connectivity index (χ0n) is 14.2. The molecule has 0 aliphatic rings. The third-order valence-electron chi connectivity index (χ3n) is 3.01. The minimum atomic E-state index is -1.22. The lowest BCUT2D eigenvalue weighted by Gasteiger charge is -2.19. The monoisotopic (exact) mass is 330 g/mol. The van der Waals surface area contributed by atoms with Crippen LogP contribution in [0.25, 0.3) is 0 Å². The first kappa shape index (κ1) is 20.9. The Kier molecular flexibility index (Phi) is 8.90. The molecule has 0 aromatic rings. The largest absolute Gasteiger partial charge is 0.480 e. The highest BCUT2D eigenvalue weighted by Gasteiger charge is 2.28. The molecule has 0 unspecified atom stereocenters. The van der Waals surface area contributed by atoms with Crippen molar-refractivity contribution in [3.05, 3.63) is 0 Å². The van der Waals surface area contributed by atoms with E-state index in [4.69, 9.17) is 5.11 Å². The van der Waals surface area contributed by atoms with Gasteiger partial charge in [-0.2, -0.15) is 0 Å². The molecule has 3 N–H and O–H groups in total. The van der Waals surface area contributed by atoms with Gasteiger partial charge < -0.3 is 20.5 Å². The van der Waals surface area contributed by atoms with Crippen molar-refractivity contribution < 1.29 is 29.0 Å². The summed E-state index contributed by atoms with van der Waals surface area (Å²) < 4.78 is 4.59. The summed E-state index contributed by atoms with van der Waals surface area (Å²) in [5.74, 6) is -3.89. The normalized spacial score (nSPS) is 13.3. The molecule has 0 rings (SSSR count). The van der Waals surface area contributed by atoms with Crippen LogP contribution >= 0.6 is 0 Å². The minimum Gasteiger partial charge on any atom is -0.480 e. The van der Waals surface area contributed by atoms with Gasteiger partial charge in [-0.15, -0.1) is 0 Å². The SMILES string of the molecule is COC(=O)[C@H](CC(C)C)NC(=O)C(=O)N[C@@H](CC(C)C)C(=O)O. The van der Waals surface area contributed by atoms with Crippen LogP contribution in [0.5, 0.6) is 0 Å². The molecule has 2 amide bonds. The van der Waals surface area contributed by atoms with E-state index in [1.807, 2.05) is 13.8 Å². The first-order chi connectivity index (χ1) is 10.6. The van der Waals surface area contributed by atoms with Gasteiger partial charge in [0.25, 0.3) is 0 Å². The highest BCUT2D eigenvalue weighted by atomic mass is 16.5. The van der Waals surface area contributed by atoms with E-state index < -0.39 is 35.8 Å². The first-order valence-corrected chi connectivity index (χ1v) is 7.50. The quantitative estimate of drug-likeness (QED) is 0.435. The fourth-order valence-electron chi connectivity index (χ4n) is 1.97. The van der Waals surface area contributed by atoms with Crippen molar-refractivity contribution >= 4 is 23.8 Å². The number of methoxy groups -OCH3 is 1. The number of carbonyl (C=O) groups excluding carboxylic acids is 3. The van der Waals surface area contributed by atoms with Crippen molar-refractivity contribution in [3.63, 3.8) is 0 Å². The molecule has 2 atom stereocenters. The molecule has 0 saturated carbocycles. The molecule has 0 radical (unpaired) electrons. The molecule has 0 aliphatic heterocycles. The second kappa shape index (κ2) is 9.81. The second-order valence-electron chi connectivity index (χ2n) is 6.17. The van der Waals surface area contributed by atoms with Crippen molar-refractivity contribution in [1.82, 2.24) is 10.6 Å². The highest BCUT2D eigenvalue weighted by Crippen LogP contribution is 2.07. The second-order valence-corrected chi connectivity index (χ2v) is 6.17. The number of rotatable bonds is 8. The Morgan fingerprint density at radius 1 is 0.870 bits per heavy atom. The Morgan fingerprint density at radius 3 is 1.61 bits per heavy atom. The number of hydrogen-bond acceptors (Lipinski definition) is 5. The fraction of sp³-hybridized carbons (Fsp3) is 0.733. The van der Waals surface area contributed by atoms with Gasteiger partial charge in [0, 0.05) is 0 Å². The summed E-state index contributed by atoms with van der Waals surface area (Å²) in [5, 5.41) is 13.5. The predicted molar refractivity (Wildman–Crippen MR) is 82.4 cm³/mol. The van der Waals surface area contributed by atoms with Crippen LogP contribution in [0.15, 0.2) is 0 Å². The van der Waals surface area contributed by atoms with Crippen LogP contribution in [0, 0.1) is 11.8 Å². The third kappa shape index (κ3) is 8.18. The lowest BCUT2D eigenvalue weighted by atomic mass is 10.0. The molecule has 0 aromatic carbocycles. The lowest BCUT2D eigenvalue weighted by Crippen LogP contribution is -2.52. The summed E-state index contributed by atoms with van der Waals surface area (Å²) in [6.45, 7) is 7.31. The van der Waals surface area contributed by atoms with Crippen molar-refractivity contribution in [2.24, 2.45) is 11.8 Å². The van der Waals surface area contributed by atoms with Crippen LogP contribution in [-0.4, -0.2) is 48.1 Å². The molecule has 23 heavy (non-hydrogen) atoms. The molecular weight excluding hydrogens is 304 g/mol. The molecule has 8 nitrogen and oxygen atoms in total. The average molecular weight is 330 g/mol. The number of carbonyl (C=O) groups is 4. The maximum absolute atomic E-state index is 11.9. The Balaban J connectivity index is 4.81. The molecule has 0 fully saturated rings. The van der Waals surface area contributed by atoms with Crippen LogP contribution < -0.4 is 10.6 Å². The van der Waals surface area contributed by atoms with E-state index in [1.165, 1.54) is 7.11 Å². The Labute approximate surface area is 136 Å². The number of esters is 1. The smallest absolute Gasteiger partial charge is 0.328 e. The Bertz CT molecular complexity index is 447. The molecule has 132 valence electrons. The molecule has 0 heterocycles. The van der Waals surface area contributed by atoms with Crippen molar-refractivity contribution in [2.45, 2.75) is 52.6 Å². The first-order valence-electron chi connectivity index (χ1n) is 7.50. The van der Waals surface area contributed by atoms with Crippen LogP contribution in [-0.2, 0) is 23.9 Å². The van der Waals surface area contributed by atoms with Gasteiger partial charge in [-0.3, -0.25) is 9.59 Å². The summed E-state index contributed by atoms with van der Waals surface area (Å²) in [4.78, 5) is 46.4. The highest BCUT2D eigenvalue weighted by molar-refractivity contribution is 6.35. The van der Waals surface area contributed by atoms with Crippen LogP contribution in [0.2, 0.25) is 0 Å². The number of aliphatic carboxylic acids is 1. The predicted octanol–water partition coefficient (Wildman–Crippen LogP) is 0.306. The molecule has 8 heteroatoms. The van der Waals surface area contributed by atoms with Crippen LogP contribution in [0.3, 0.4) is 0 Å². The summed E-state index contributed by atoms with van der Waals surface area (Å²) >= 11 is 0. The zero-order chi connectivity index (χ0) is 18.2. The maximum Gasteiger partial charge on any atom is 0.328 e.